The van der Waals surface area contributed by atoms with E-state index in [1.54, 1.807) is 44.1 Å². The first-order valence-corrected chi connectivity index (χ1v) is 19.7. The lowest BCUT2D eigenvalue weighted by Gasteiger charge is -2.67. The van der Waals surface area contributed by atoms with E-state index in [0.29, 0.717) is 5.92 Å². The Bertz CT molecular complexity index is 1980. The van der Waals surface area contributed by atoms with Crippen LogP contribution in [0.3, 0.4) is 0 Å². The first-order chi connectivity index (χ1) is 23.3. The minimum Gasteiger partial charge on any atom is -0.455 e. The van der Waals surface area contributed by atoms with Crippen LogP contribution in [0, 0.1) is 59.2 Å². The van der Waals surface area contributed by atoms with Gasteiger partial charge in [0.2, 0.25) is 0 Å². The molecule has 6 aliphatic carbocycles. The van der Waals surface area contributed by atoms with E-state index in [4.69, 9.17) is 4.42 Å². The van der Waals surface area contributed by atoms with Crippen molar-refractivity contribution in [2.24, 2.45) is 59.2 Å². The van der Waals surface area contributed by atoms with Crippen LogP contribution in [0.5, 0.6) is 0 Å². The van der Waals surface area contributed by atoms with Crippen molar-refractivity contribution in [3.05, 3.63) is 84.4 Å². The molecular formula is C46H50O. The Labute approximate surface area is 280 Å². The molecule has 4 aromatic carbocycles. The molecule has 1 aromatic heterocycles. The lowest BCUT2D eigenvalue weighted by molar-refractivity contribution is -0.188. The number of fused-ring (bicyclic) bond motifs is 11. The number of hydrogen-bond acceptors (Lipinski definition) is 1. The fourth-order valence-electron chi connectivity index (χ4n) is 14.3. The summed E-state index contributed by atoms with van der Waals surface area (Å²) in [6.07, 6.45) is 19.9. The zero-order valence-corrected chi connectivity index (χ0v) is 28.0. The van der Waals surface area contributed by atoms with Crippen LogP contribution in [0.1, 0.15) is 95.0 Å². The van der Waals surface area contributed by atoms with Gasteiger partial charge in [-0.25, -0.2) is 0 Å². The SMILES string of the molecule is c1cc(-c2cccc3c2oc2ccc4ccccc4c23)cc(C2CCC3C(C2)C2CCCC4C5CCCCC5C5CCCC3C5C42)c1. The van der Waals surface area contributed by atoms with Gasteiger partial charge >= 0.3 is 0 Å². The fraction of sp³-hybridized carbons (Fsp3) is 0.522. The Morgan fingerprint density at radius 3 is 1.94 bits per heavy atom. The quantitative estimate of drug-likeness (QED) is 0.192. The molecule has 6 fully saturated rings. The van der Waals surface area contributed by atoms with E-state index in [1.807, 2.05) is 0 Å². The van der Waals surface area contributed by atoms with Gasteiger partial charge < -0.3 is 4.42 Å². The Hall–Kier alpha value is -3.06. The maximum absolute atomic E-state index is 6.67. The standard InChI is InChI=1S/C46H50O/c1-2-12-31-27(9-1)22-24-42-43(31)40-20-6-15-32(46(40)47-42)30-11-5-10-28(25-30)29-21-23-35-38-18-7-16-36-33-13-3-4-14-34(33)37-17-8-19-39(41(35)26-29)45(37)44(36)38/h1-2,5-6,9-12,15,20,22,24-25,29,33-39,41,44-45H,3-4,7-8,13-14,16-19,21,23,26H2. The summed E-state index contributed by atoms with van der Waals surface area (Å²) in [6.45, 7) is 0. The normalized spacial score (nSPS) is 37.7. The van der Waals surface area contributed by atoms with Gasteiger partial charge in [-0.05, 0) is 151 Å². The molecule has 0 saturated heterocycles. The summed E-state index contributed by atoms with van der Waals surface area (Å²) in [6, 6.07) is 29.6. The Kier molecular flexibility index (Phi) is 6.35. The molecule has 11 rings (SSSR count). The van der Waals surface area contributed by atoms with Crippen molar-refractivity contribution >= 4 is 32.7 Å². The average Bonchev–Trinajstić information content (AvgIpc) is 3.54. The first-order valence-electron chi connectivity index (χ1n) is 19.7. The van der Waals surface area contributed by atoms with Crippen LogP contribution in [-0.2, 0) is 0 Å². The summed E-state index contributed by atoms with van der Waals surface area (Å²) < 4.78 is 6.67. The summed E-state index contributed by atoms with van der Waals surface area (Å²) in [4.78, 5) is 0. The zero-order chi connectivity index (χ0) is 30.6. The first kappa shape index (κ1) is 27.8. The van der Waals surface area contributed by atoms with E-state index in [9.17, 15) is 0 Å². The van der Waals surface area contributed by atoms with Crippen LogP contribution in [-0.4, -0.2) is 0 Å². The van der Waals surface area contributed by atoms with E-state index in [1.165, 1.54) is 77.6 Å². The molecule has 1 heteroatoms. The fourth-order valence-corrected chi connectivity index (χ4v) is 14.3. The zero-order valence-electron chi connectivity index (χ0n) is 28.0. The highest BCUT2D eigenvalue weighted by Gasteiger charge is 2.62. The Morgan fingerprint density at radius 1 is 0.489 bits per heavy atom. The number of rotatable bonds is 2. The van der Waals surface area contributed by atoms with Gasteiger partial charge in [-0.15, -0.1) is 0 Å². The van der Waals surface area contributed by atoms with Crippen molar-refractivity contribution < 1.29 is 4.42 Å². The second kappa shape index (κ2) is 10.7. The third-order valence-electron chi connectivity index (χ3n) is 15.7. The molecule has 0 radical (unpaired) electrons. The number of furan rings is 1. The van der Waals surface area contributed by atoms with Crippen LogP contribution >= 0.6 is 0 Å². The van der Waals surface area contributed by atoms with Gasteiger partial charge in [0, 0.05) is 16.3 Å². The monoisotopic (exact) mass is 618 g/mol. The summed E-state index contributed by atoms with van der Waals surface area (Å²) in [5.74, 6) is 11.3. The topological polar surface area (TPSA) is 13.1 Å². The van der Waals surface area contributed by atoms with E-state index in [0.717, 1.165) is 70.3 Å². The van der Waals surface area contributed by atoms with Crippen LogP contribution in [0.15, 0.2) is 83.3 Å². The van der Waals surface area contributed by atoms with Gasteiger partial charge in [-0.3, -0.25) is 0 Å². The van der Waals surface area contributed by atoms with Gasteiger partial charge in [-0.2, -0.15) is 0 Å². The molecule has 0 N–H and O–H groups in total. The minimum absolute atomic E-state index is 0.706. The van der Waals surface area contributed by atoms with Crippen molar-refractivity contribution in [1.29, 1.82) is 0 Å². The second-order valence-corrected chi connectivity index (χ2v) is 17.2. The summed E-state index contributed by atoms with van der Waals surface area (Å²) in [5, 5.41) is 5.05. The summed E-state index contributed by atoms with van der Waals surface area (Å²) in [5.41, 5.74) is 6.19. The average molecular weight is 619 g/mol. The van der Waals surface area contributed by atoms with E-state index in [-0.39, 0.29) is 0 Å². The van der Waals surface area contributed by atoms with Crippen LogP contribution in [0.25, 0.3) is 43.8 Å². The van der Waals surface area contributed by atoms with Crippen molar-refractivity contribution in [2.75, 3.05) is 0 Å². The van der Waals surface area contributed by atoms with E-state index >= 15 is 0 Å². The van der Waals surface area contributed by atoms with Crippen LogP contribution < -0.4 is 0 Å². The lowest BCUT2D eigenvalue weighted by Crippen LogP contribution is -2.61. The molecule has 0 bridgehead atoms. The van der Waals surface area contributed by atoms with Crippen LogP contribution in [0.4, 0.5) is 0 Å². The van der Waals surface area contributed by atoms with Gasteiger partial charge in [-0.1, -0.05) is 98.5 Å². The predicted molar refractivity (Wildman–Crippen MR) is 194 cm³/mol. The Morgan fingerprint density at radius 2 is 1.15 bits per heavy atom. The number of hydrogen-bond donors (Lipinski definition) is 0. The highest BCUT2D eigenvalue weighted by atomic mass is 16.3. The molecular weight excluding hydrogens is 569 g/mol. The highest BCUT2D eigenvalue weighted by molar-refractivity contribution is 6.20. The number of para-hydroxylation sites is 1. The molecule has 11 unspecified atom stereocenters. The predicted octanol–water partition coefficient (Wildman–Crippen LogP) is 12.8. The molecule has 0 amide bonds. The maximum atomic E-state index is 6.67. The van der Waals surface area contributed by atoms with Gasteiger partial charge in [0.1, 0.15) is 11.2 Å². The third kappa shape index (κ3) is 4.07. The molecule has 11 atom stereocenters. The minimum atomic E-state index is 0.706. The van der Waals surface area contributed by atoms with E-state index < -0.39 is 0 Å². The van der Waals surface area contributed by atoms with E-state index in [2.05, 4.69) is 78.9 Å². The molecule has 1 nitrogen and oxygen atoms in total. The van der Waals surface area contributed by atoms with Crippen molar-refractivity contribution in [3.63, 3.8) is 0 Å². The van der Waals surface area contributed by atoms with Gasteiger partial charge in [0.15, 0.2) is 0 Å². The molecule has 0 spiro atoms. The maximum Gasteiger partial charge on any atom is 0.143 e. The largest absolute Gasteiger partial charge is 0.455 e. The molecule has 0 aliphatic heterocycles. The summed E-state index contributed by atoms with van der Waals surface area (Å²) in [7, 11) is 0. The molecule has 1 heterocycles. The Balaban J connectivity index is 0.942. The third-order valence-corrected chi connectivity index (χ3v) is 15.7. The summed E-state index contributed by atoms with van der Waals surface area (Å²) >= 11 is 0. The molecule has 5 aromatic rings. The van der Waals surface area contributed by atoms with Crippen molar-refractivity contribution in [3.8, 4) is 11.1 Å². The molecule has 6 aliphatic rings. The van der Waals surface area contributed by atoms with Crippen LogP contribution in [0.2, 0.25) is 0 Å². The molecule has 240 valence electrons. The molecule has 47 heavy (non-hydrogen) atoms. The highest BCUT2D eigenvalue weighted by Crippen LogP contribution is 2.69. The number of benzene rings is 4. The van der Waals surface area contributed by atoms with Gasteiger partial charge in [0.05, 0.1) is 0 Å². The smallest absolute Gasteiger partial charge is 0.143 e. The van der Waals surface area contributed by atoms with Gasteiger partial charge in [0.25, 0.3) is 0 Å². The van der Waals surface area contributed by atoms with Crippen molar-refractivity contribution in [2.45, 2.75) is 89.4 Å². The van der Waals surface area contributed by atoms with Crippen molar-refractivity contribution in [1.82, 2.24) is 0 Å². The lowest BCUT2D eigenvalue weighted by atomic mass is 9.37. The second-order valence-electron chi connectivity index (χ2n) is 17.2. The molecule has 6 saturated carbocycles.